The molecule has 0 saturated heterocycles. The van der Waals surface area contributed by atoms with Crippen LogP contribution >= 0.6 is 11.9 Å². The fourth-order valence-electron chi connectivity index (χ4n) is 2.99. The lowest BCUT2D eigenvalue weighted by atomic mass is 9.99. The first-order valence-corrected chi connectivity index (χ1v) is 11.4. The minimum atomic E-state index is -0.303. The predicted octanol–water partition coefficient (Wildman–Crippen LogP) is 4.47. The van der Waals surface area contributed by atoms with Gasteiger partial charge in [-0.05, 0) is 86.7 Å². The third-order valence-electron chi connectivity index (χ3n) is 4.97. The van der Waals surface area contributed by atoms with E-state index >= 15 is 0 Å². The van der Waals surface area contributed by atoms with Crippen molar-refractivity contribution in [2.24, 2.45) is 11.7 Å². The van der Waals surface area contributed by atoms with Crippen molar-refractivity contribution in [1.29, 1.82) is 0 Å². The molecule has 0 atom stereocenters. The van der Waals surface area contributed by atoms with Gasteiger partial charge in [0.2, 0.25) is 5.91 Å². The number of nitrogens with one attached hydrogen (secondary N) is 1. The summed E-state index contributed by atoms with van der Waals surface area (Å²) in [6, 6.07) is 7.95. The minimum absolute atomic E-state index is 0.00878. The van der Waals surface area contributed by atoms with E-state index in [1.165, 1.54) is 16.4 Å². The topological polar surface area (TPSA) is 95.7 Å². The molecule has 7 heteroatoms. The molecule has 1 aliphatic carbocycles. The fraction of sp³-hybridized carbons (Fsp3) is 0.417. The average molecular weight is 444 g/mol. The lowest BCUT2D eigenvalue weighted by molar-refractivity contribution is -0.118. The molecule has 6 nitrogen and oxygen atoms in total. The van der Waals surface area contributed by atoms with E-state index in [4.69, 9.17) is 5.73 Å². The first kappa shape index (κ1) is 24.9. The molecule has 0 spiro atoms. The summed E-state index contributed by atoms with van der Waals surface area (Å²) in [4.78, 5) is 23.4. The number of nitrogens with zero attached hydrogens (tertiary/aromatic N) is 1. The van der Waals surface area contributed by atoms with E-state index in [0.29, 0.717) is 25.2 Å². The van der Waals surface area contributed by atoms with Gasteiger partial charge in [-0.3, -0.25) is 9.59 Å². The number of likely N-dealkylation sites (N-methyl/N-ethyl adjacent to an activating group) is 1. The Morgan fingerprint density at radius 3 is 2.48 bits per heavy atom. The molecule has 0 aliphatic heterocycles. The van der Waals surface area contributed by atoms with Crippen LogP contribution in [0.4, 0.5) is 0 Å². The Morgan fingerprint density at radius 1 is 1.29 bits per heavy atom. The van der Waals surface area contributed by atoms with Crippen molar-refractivity contribution in [3.8, 4) is 0 Å². The fourth-order valence-corrected chi connectivity index (χ4v) is 3.67. The lowest BCUT2D eigenvalue weighted by Gasteiger charge is -2.18. The quantitative estimate of drug-likeness (QED) is 0.104. The summed E-state index contributed by atoms with van der Waals surface area (Å²) in [5.74, 6) is 0.0796. The number of allylic oxidation sites excluding steroid dienone is 5. The minimum Gasteiger partial charge on any atom is -0.388 e. The van der Waals surface area contributed by atoms with Gasteiger partial charge in [-0.15, -0.1) is 4.47 Å². The molecule has 1 aromatic carbocycles. The largest absolute Gasteiger partial charge is 0.388 e. The second-order valence-electron chi connectivity index (χ2n) is 7.88. The highest BCUT2D eigenvalue weighted by Crippen LogP contribution is 2.35. The van der Waals surface area contributed by atoms with Crippen LogP contribution in [0.1, 0.15) is 51.5 Å². The number of amides is 1. The zero-order valence-electron chi connectivity index (χ0n) is 18.5. The number of hydrogen-bond donors (Lipinski definition) is 3. The summed E-state index contributed by atoms with van der Waals surface area (Å²) in [6.45, 7) is 3.84. The molecule has 0 bridgehead atoms. The van der Waals surface area contributed by atoms with Crippen molar-refractivity contribution >= 4 is 29.7 Å². The van der Waals surface area contributed by atoms with E-state index in [-0.39, 0.29) is 11.9 Å². The number of primary amides is 1. The number of aldehydes is 1. The van der Waals surface area contributed by atoms with Gasteiger partial charge in [0.25, 0.3) is 0 Å². The van der Waals surface area contributed by atoms with Gasteiger partial charge >= 0.3 is 0 Å². The van der Waals surface area contributed by atoms with Crippen LogP contribution < -0.4 is 11.1 Å². The first-order chi connectivity index (χ1) is 14.8. The Bertz CT molecular complexity index is 840. The van der Waals surface area contributed by atoms with E-state index in [2.05, 4.69) is 11.4 Å². The molecule has 31 heavy (non-hydrogen) atoms. The number of unbranched alkanes of at least 4 members (excludes halogenated alkanes) is 1. The monoisotopic (exact) mass is 443 g/mol. The first-order valence-electron chi connectivity index (χ1n) is 10.7. The Labute approximate surface area is 189 Å². The SMILES string of the molecule is CNC(=C\C=C(/C=O)C1CC1)/C(=C/CCCC(N)=O)c1ccc(SN(O)C(C)C)cc1. The average Bonchev–Trinajstić information content (AvgIpc) is 3.58. The van der Waals surface area contributed by atoms with Crippen molar-refractivity contribution in [3.63, 3.8) is 0 Å². The van der Waals surface area contributed by atoms with Crippen molar-refractivity contribution < 1.29 is 14.8 Å². The van der Waals surface area contributed by atoms with E-state index in [0.717, 1.165) is 46.4 Å². The molecule has 0 heterocycles. The van der Waals surface area contributed by atoms with Gasteiger partial charge in [-0.25, -0.2) is 0 Å². The standard InChI is InChI=1S/C24H33N3O3S/c1-17(2)27(30)31-21-13-10-19(11-14-21)22(6-4-5-7-24(25)29)23(26-3)15-12-20(16-28)18-8-9-18/h6,10-18,26,30H,4-5,7-9H2,1-3H3,(H2,25,29)/b20-12+,22-6+,23-15-. The third kappa shape index (κ3) is 8.36. The molecule has 0 unspecified atom stereocenters. The van der Waals surface area contributed by atoms with E-state index < -0.39 is 0 Å². The van der Waals surface area contributed by atoms with Crippen LogP contribution in [0.3, 0.4) is 0 Å². The van der Waals surface area contributed by atoms with Crippen LogP contribution in [-0.4, -0.2) is 35.0 Å². The number of carbonyl (C=O) groups excluding carboxylic acids is 2. The van der Waals surface area contributed by atoms with Gasteiger partial charge in [0.15, 0.2) is 0 Å². The van der Waals surface area contributed by atoms with Crippen molar-refractivity contribution in [3.05, 3.63) is 59.3 Å². The molecule has 1 saturated carbocycles. The number of benzene rings is 1. The van der Waals surface area contributed by atoms with Gasteiger partial charge in [-0.1, -0.05) is 24.3 Å². The van der Waals surface area contributed by atoms with Crippen molar-refractivity contribution in [2.75, 3.05) is 7.05 Å². The number of carbonyl (C=O) groups is 2. The molecule has 2 rings (SSSR count). The van der Waals surface area contributed by atoms with E-state index in [9.17, 15) is 14.8 Å². The zero-order chi connectivity index (χ0) is 22.8. The molecular formula is C24H33N3O3S. The Hall–Kier alpha value is -2.35. The Balaban J connectivity index is 2.29. The number of rotatable bonds is 13. The number of hydroxylamine groups is 1. The zero-order valence-corrected chi connectivity index (χ0v) is 19.3. The summed E-state index contributed by atoms with van der Waals surface area (Å²) in [6.07, 6.45) is 10.7. The number of hydrogen-bond acceptors (Lipinski definition) is 6. The highest BCUT2D eigenvalue weighted by Gasteiger charge is 2.25. The van der Waals surface area contributed by atoms with Gasteiger partial charge in [-0.2, -0.15) is 0 Å². The molecule has 1 amide bonds. The van der Waals surface area contributed by atoms with Crippen LogP contribution in [0.15, 0.2) is 58.7 Å². The highest BCUT2D eigenvalue weighted by atomic mass is 32.2. The van der Waals surface area contributed by atoms with Crippen LogP contribution in [0.25, 0.3) is 5.57 Å². The van der Waals surface area contributed by atoms with E-state index in [1.54, 1.807) is 0 Å². The summed E-state index contributed by atoms with van der Waals surface area (Å²) >= 11 is 1.28. The van der Waals surface area contributed by atoms with Gasteiger partial charge in [0.1, 0.15) is 6.29 Å². The number of nitrogens with two attached hydrogens (primary N) is 1. The summed E-state index contributed by atoms with van der Waals surface area (Å²) in [5.41, 5.74) is 8.98. The Kier molecular flexibility index (Phi) is 10.0. The molecule has 168 valence electrons. The molecule has 0 aromatic heterocycles. The molecular weight excluding hydrogens is 410 g/mol. The van der Waals surface area contributed by atoms with Crippen LogP contribution in [0.2, 0.25) is 0 Å². The lowest BCUT2D eigenvalue weighted by Crippen LogP contribution is -2.18. The van der Waals surface area contributed by atoms with Crippen LogP contribution in [0.5, 0.6) is 0 Å². The smallest absolute Gasteiger partial charge is 0.217 e. The summed E-state index contributed by atoms with van der Waals surface area (Å²) < 4.78 is 1.22. The second-order valence-corrected chi connectivity index (χ2v) is 8.91. The maximum Gasteiger partial charge on any atom is 0.217 e. The maximum atomic E-state index is 11.4. The molecule has 1 fully saturated rings. The molecule has 1 aliphatic rings. The predicted molar refractivity (Wildman–Crippen MR) is 126 cm³/mol. The van der Waals surface area contributed by atoms with Crippen molar-refractivity contribution in [2.45, 2.75) is 56.9 Å². The van der Waals surface area contributed by atoms with Crippen molar-refractivity contribution in [1.82, 2.24) is 9.79 Å². The van der Waals surface area contributed by atoms with Gasteiger partial charge in [0, 0.05) is 35.7 Å². The molecule has 1 aromatic rings. The summed E-state index contributed by atoms with van der Waals surface area (Å²) in [7, 11) is 1.85. The Morgan fingerprint density at radius 2 is 1.97 bits per heavy atom. The van der Waals surface area contributed by atoms with Gasteiger partial charge in [0.05, 0.1) is 0 Å². The highest BCUT2D eigenvalue weighted by molar-refractivity contribution is 7.96. The maximum absolute atomic E-state index is 11.4. The van der Waals surface area contributed by atoms with Crippen LogP contribution in [0, 0.1) is 5.92 Å². The summed E-state index contributed by atoms with van der Waals surface area (Å²) in [5, 5.41) is 13.2. The molecule has 0 radical (unpaired) electrons. The third-order valence-corrected chi connectivity index (χ3v) is 6.06. The normalized spacial score (nSPS) is 15.5. The van der Waals surface area contributed by atoms with Crippen LogP contribution in [-0.2, 0) is 9.59 Å². The second kappa shape index (κ2) is 12.5. The molecule has 4 N–H and O–H groups in total. The van der Waals surface area contributed by atoms with E-state index in [1.807, 2.05) is 57.3 Å². The van der Waals surface area contributed by atoms with Gasteiger partial charge < -0.3 is 16.3 Å².